The van der Waals surface area contributed by atoms with E-state index in [2.05, 4.69) is 31.2 Å². The molecule has 2 aromatic rings. The van der Waals surface area contributed by atoms with Crippen LogP contribution in [0.15, 0.2) is 29.2 Å². The van der Waals surface area contributed by atoms with E-state index in [9.17, 15) is 13.2 Å². The summed E-state index contributed by atoms with van der Waals surface area (Å²) >= 11 is 0. The van der Waals surface area contributed by atoms with Gasteiger partial charge in [-0.05, 0) is 37.0 Å². The molecule has 0 saturated carbocycles. The molecule has 0 spiro atoms. The lowest BCUT2D eigenvalue weighted by atomic mass is 9.87. The molecular weight excluding hydrogens is 364 g/mol. The molecular formula is C19H28N4O3S. The van der Waals surface area contributed by atoms with Gasteiger partial charge in [0.05, 0.1) is 11.4 Å². The van der Waals surface area contributed by atoms with Crippen molar-refractivity contribution in [2.24, 2.45) is 0 Å². The summed E-state index contributed by atoms with van der Waals surface area (Å²) in [6.45, 7) is 9.61. The van der Waals surface area contributed by atoms with Crippen LogP contribution in [0.4, 0.5) is 5.69 Å². The molecule has 0 bridgehead atoms. The van der Waals surface area contributed by atoms with Crippen LogP contribution in [0.1, 0.15) is 37.7 Å². The smallest absolute Gasteiger partial charge is 0.246 e. The van der Waals surface area contributed by atoms with E-state index in [-0.39, 0.29) is 22.8 Å². The minimum Gasteiger partial charge on any atom is -0.324 e. The molecule has 7 nitrogen and oxygen atoms in total. The number of amides is 1. The zero-order chi connectivity index (χ0) is 20.6. The van der Waals surface area contributed by atoms with Crippen LogP contribution in [0.2, 0.25) is 0 Å². The van der Waals surface area contributed by atoms with Crippen LogP contribution < -0.4 is 5.32 Å². The van der Waals surface area contributed by atoms with Gasteiger partial charge in [-0.1, -0.05) is 32.9 Å². The van der Waals surface area contributed by atoms with Crippen LogP contribution in [0.3, 0.4) is 0 Å². The number of carbonyl (C=O) groups is 1. The number of carbonyl (C=O) groups excluding carboxylic acids is 1. The molecule has 0 aliphatic carbocycles. The second kappa shape index (κ2) is 7.44. The van der Waals surface area contributed by atoms with Gasteiger partial charge in [0.1, 0.15) is 11.4 Å². The van der Waals surface area contributed by atoms with E-state index >= 15 is 0 Å². The van der Waals surface area contributed by atoms with Gasteiger partial charge in [0, 0.05) is 19.8 Å². The first kappa shape index (κ1) is 21.1. The fourth-order valence-electron chi connectivity index (χ4n) is 2.78. The Balaban J connectivity index is 2.17. The fourth-order valence-corrected chi connectivity index (χ4v) is 4.04. The van der Waals surface area contributed by atoms with Crippen LogP contribution in [0.25, 0.3) is 0 Å². The van der Waals surface area contributed by atoms with Gasteiger partial charge in [-0.2, -0.15) is 5.10 Å². The van der Waals surface area contributed by atoms with Crippen LogP contribution in [-0.4, -0.2) is 42.5 Å². The summed E-state index contributed by atoms with van der Waals surface area (Å²) in [6, 6.07) is 7.70. The predicted octanol–water partition coefficient (Wildman–Crippen LogP) is 2.69. The average Bonchev–Trinajstić information content (AvgIpc) is 2.81. The van der Waals surface area contributed by atoms with Crippen LogP contribution in [0, 0.1) is 13.8 Å². The fraction of sp³-hybridized carbons (Fsp3) is 0.474. The molecule has 0 unspecified atom stereocenters. The van der Waals surface area contributed by atoms with Crippen molar-refractivity contribution in [3.8, 4) is 0 Å². The third kappa shape index (κ3) is 4.56. The number of rotatable bonds is 5. The van der Waals surface area contributed by atoms with Crippen molar-refractivity contribution in [3.05, 3.63) is 41.2 Å². The Morgan fingerprint density at radius 2 is 1.70 bits per heavy atom. The molecule has 2 rings (SSSR count). The van der Waals surface area contributed by atoms with Crippen molar-refractivity contribution in [2.45, 2.75) is 51.5 Å². The normalized spacial score (nSPS) is 12.4. The summed E-state index contributed by atoms with van der Waals surface area (Å²) in [6.07, 6.45) is 0. The van der Waals surface area contributed by atoms with Crippen molar-refractivity contribution < 1.29 is 13.2 Å². The predicted molar refractivity (Wildman–Crippen MR) is 106 cm³/mol. The minimum absolute atomic E-state index is 0.0422. The molecule has 0 radical (unpaired) electrons. The number of anilines is 1. The molecule has 1 heterocycles. The number of sulfonamides is 1. The molecule has 0 saturated heterocycles. The Labute approximate surface area is 161 Å². The molecule has 1 aromatic carbocycles. The van der Waals surface area contributed by atoms with E-state index < -0.39 is 10.0 Å². The van der Waals surface area contributed by atoms with E-state index in [0.717, 1.165) is 4.31 Å². The van der Waals surface area contributed by atoms with E-state index in [4.69, 9.17) is 0 Å². The Kier molecular flexibility index (Phi) is 5.82. The van der Waals surface area contributed by atoms with Gasteiger partial charge in [0.15, 0.2) is 0 Å². The zero-order valence-corrected chi connectivity index (χ0v) is 17.8. The topological polar surface area (TPSA) is 84.3 Å². The van der Waals surface area contributed by atoms with Gasteiger partial charge in [-0.3, -0.25) is 9.48 Å². The molecule has 0 aliphatic rings. The summed E-state index contributed by atoms with van der Waals surface area (Å²) in [5.74, 6) is -0.266. The van der Waals surface area contributed by atoms with E-state index in [1.807, 2.05) is 24.3 Å². The lowest BCUT2D eigenvalue weighted by Crippen LogP contribution is -2.24. The zero-order valence-electron chi connectivity index (χ0n) is 17.0. The van der Waals surface area contributed by atoms with Crippen LogP contribution in [-0.2, 0) is 26.8 Å². The SMILES string of the molecule is Cc1nn(CC(=O)Nc2ccc(C(C)(C)C)cc2)c(C)c1S(=O)(=O)N(C)C. The van der Waals surface area contributed by atoms with Gasteiger partial charge < -0.3 is 5.32 Å². The summed E-state index contributed by atoms with van der Waals surface area (Å²) in [7, 11) is -0.669. The standard InChI is InChI=1S/C19H28N4O3S/c1-13-18(27(25,26)22(6)7)14(2)23(21-13)12-17(24)20-16-10-8-15(9-11-16)19(3,4)5/h8-11H,12H2,1-7H3,(H,20,24). The highest BCUT2D eigenvalue weighted by atomic mass is 32.2. The number of nitrogens with zero attached hydrogens (tertiary/aromatic N) is 3. The van der Waals surface area contributed by atoms with Crippen molar-refractivity contribution in [1.82, 2.24) is 14.1 Å². The summed E-state index contributed by atoms with van der Waals surface area (Å²) < 4.78 is 27.5. The number of nitrogens with one attached hydrogen (secondary N) is 1. The van der Waals surface area contributed by atoms with Crippen molar-refractivity contribution in [2.75, 3.05) is 19.4 Å². The largest absolute Gasteiger partial charge is 0.324 e. The third-order valence-electron chi connectivity index (χ3n) is 4.38. The Morgan fingerprint density at radius 3 is 2.19 bits per heavy atom. The lowest BCUT2D eigenvalue weighted by molar-refractivity contribution is -0.116. The molecule has 8 heteroatoms. The molecule has 0 aliphatic heterocycles. The second-order valence-corrected chi connectivity index (χ2v) is 9.91. The van der Waals surface area contributed by atoms with Crippen LogP contribution >= 0.6 is 0 Å². The van der Waals surface area contributed by atoms with Gasteiger partial charge in [0.25, 0.3) is 0 Å². The van der Waals surface area contributed by atoms with Crippen molar-refractivity contribution in [3.63, 3.8) is 0 Å². The molecule has 1 amide bonds. The number of benzene rings is 1. The number of hydrogen-bond donors (Lipinski definition) is 1. The first-order chi connectivity index (χ1) is 12.3. The minimum atomic E-state index is -3.61. The molecule has 27 heavy (non-hydrogen) atoms. The number of aromatic nitrogens is 2. The highest BCUT2D eigenvalue weighted by molar-refractivity contribution is 7.89. The van der Waals surface area contributed by atoms with E-state index in [1.54, 1.807) is 13.8 Å². The Morgan fingerprint density at radius 1 is 1.15 bits per heavy atom. The lowest BCUT2D eigenvalue weighted by Gasteiger charge is -2.19. The number of hydrogen-bond acceptors (Lipinski definition) is 4. The highest BCUT2D eigenvalue weighted by Crippen LogP contribution is 2.24. The molecule has 1 aromatic heterocycles. The van der Waals surface area contributed by atoms with Crippen molar-refractivity contribution >= 4 is 21.6 Å². The summed E-state index contributed by atoms with van der Waals surface area (Å²) in [5.41, 5.74) is 2.73. The maximum absolute atomic E-state index is 12.4. The second-order valence-electron chi connectivity index (χ2n) is 7.82. The van der Waals surface area contributed by atoms with E-state index in [1.165, 1.54) is 24.3 Å². The Hall–Kier alpha value is -2.19. The first-order valence-corrected chi connectivity index (χ1v) is 10.1. The Bertz CT molecular complexity index is 937. The van der Waals surface area contributed by atoms with Gasteiger partial charge >= 0.3 is 0 Å². The molecule has 1 N–H and O–H groups in total. The third-order valence-corrected chi connectivity index (χ3v) is 6.45. The maximum Gasteiger partial charge on any atom is 0.246 e. The quantitative estimate of drug-likeness (QED) is 0.848. The molecule has 0 fully saturated rings. The van der Waals surface area contributed by atoms with E-state index in [0.29, 0.717) is 17.1 Å². The molecule has 0 atom stereocenters. The monoisotopic (exact) mass is 392 g/mol. The average molecular weight is 393 g/mol. The highest BCUT2D eigenvalue weighted by Gasteiger charge is 2.27. The molecule has 148 valence electrons. The summed E-state index contributed by atoms with van der Waals surface area (Å²) in [4.78, 5) is 12.5. The summed E-state index contributed by atoms with van der Waals surface area (Å²) in [5, 5.41) is 7.06. The van der Waals surface area contributed by atoms with Crippen LogP contribution in [0.5, 0.6) is 0 Å². The van der Waals surface area contributed by atoms with Gasteiger partial charge in [-0.15, -0.1) is 0 Å². The maximum atomic E-state index is 12.4. The number of aryl methyl sites for hydroxylation is 1. The van der Waals surface area contributed by atoms with Crippen molar-refractivity contribution in [1.29, 1.82) is 0 Å². The first-order valence-electron chi connectivity index (χ1n) is 8.71. The van der Waals surface area contributed by atoms with Gasteiger partial charge in [-0.25, -0.2) is 12.7 Å². The van der Waals surface area contributed by atoms with Gasteiger partial charge in [0.2, 0.25) is 15.9 Å².